The number of methoxy groups -OCH3 is 1. The molecule has 3 aliphatic heterocycles. The smallest absolute Gasteiger partial charge is 0.246 e. The minimum absolute atomic E-state index is 0.265. The fourth-order valence-corrected chi connectivity index (χ4v) is 4.89. The number of fused-ring (bicyclic) bond motifs is 2. The number of benzene rings is 1. The highest BCUT2D eigenvalue weighted by atomic mass is 16.5. The summed E-state index contributed by atoms with van der Waals surface area (Å²) in [5, 5.41) is 5.68. The lowest BCUT2D eigenvalue weighted by Gasteiger charge is -2.33. The van der Waals surface area contributed by atoms with E-state index in [9.17, 15) is 19.2 Å². The van der Waals surface area contributed by atoms with Gasteiger partial charge < -0.3 is 25.2 Å². The highest BCUT2D eigenvalue weighted by molar-refractivity contribution is 5.98. The highest BCUT2D eigenvalue weighted by Gasteiger charge is 2.42. The molecule has 3 fully saturated rings. The maximum Gasteiger partial charge on any atom is 0.246 e. The molecule has 0 aromatic heterocycles. The van der Waals surface area contributed by atoms with Crippen molar-refractivity contribution in [2.75, 3.05) is 20.2 Å². The molecule has 3 saturated heterocycles. The number of rotatable bonds is 3. The van der Waals surface area contributed by atoms with Crippen molar-refractivity contribution in [3.05, 3.63) is 29.8 Å². The van der Waals surface area contributed by atoms with Crippen molar-refractivity contribution in [3.8, 4) is 5.75 Å². The fraction of sp³-hybridized carbons (Fsp3) is 0.565. The number of ether oxygens (including phenoxy) is 1. The highest BCUT2D eigenvalue weighted by Crippen LogP contribution is 2.23. The number of carbonyl (C=O) groups is 4. The Balaban J connectivity index is 1.65. The number of nitrogens with one attached hydrogen (secondary N) is 2. The molecule has 3 aliphatic rings. The van der Waals surface area contributed by atoms with Crippen molar-refractivity contribution in [1.82, 2.24) is 20.4 Å². The number of nitrogens with zero attached hydrogens (tertiary/aromatic N) is 2. The zero-order chi connectivity index (χ0) is 22.8. The molecule has 1 aromatic carbocycles. The Morgan fingerprint density at radius 1 is 0.875 bits per heavy atom. The second-order valence-corrected chi connectivity index (χ2v) is 8.72. The minimum Gasteiger partial charge on any atom is -0.497 e. The number of amides is 4. The third-order valence-corrected chi connectivity index (χ3v) is 6.62. The van der Waals surface area contributed by atoms with Gasteiger partial charge in [0, 0.05) is 19.5 Å². The molecule has 0 radical (unpaired) electrons. The largest absolute Gasteiger partial charge is 0.497 e. The van der Waals surface area contributed by atoms with E-state index in [2.05, 4.69) is 10.6 Å². The van der Waals surface area contributed by atoms with Crippen LogP contribution in [0.2, 0.25) is 0 Å². The molecule has 2 N–H and O–H groups in total. The van der Waals surface area contributed by atoms with Crippen LogP contribution in [0, 0.1) is 0 Å². The summed E-state index contributed by atoms with van der Waals surface area (Å²) in [4.78, 5) is 55.7. The predicted molar refractivity (Wildman–Crippen MR) is 116 cm³/mol. The summed E-state index contributed by atoms with van der Waals surface area (Å²) in [5.74, 6) is -0.469. The second kappa shape index (κ2) is 9.18. The van der Waals surface area contributed by atoms with Gasteiger partial charge in [-0.25, -0.2) is 0 Å². The molecule has 3 heterocycles. The summed E-state index contributed by atoms with van der Waals surface area (Å²) >= 11 is 0. The Bertz CT molecular complexity index is 902. The molecule has 32 heavy (non-hydrogen) atoms. The molecule has 0 bridgehead atoms. The van der Waals surface area contributed by atoms with Gasteiger partial charge in [-0.2, -0.15) is 0 Å². The predicted octanol–water partition coefficient (Wildman–Crippen LogP) is 0.223. The van der Waals surface area contributed by atoms with E-state index in [1.807, 2.05) is 24.3 Å². The van der Waals surface area contributed by atoms with Crippen molar-refractivity contribution in [2.24, 2.45) is 0 Å². The molecule has 4 amide bonds. The van der Waals surface area contributed by atoms with Crippen LogP contribution in [0.4, 0.5) is 0 Å². The molecule has 9 heteroatoms. The summed E-state index contributed by atoms with van der Waals surface area (Å²) in [6.45, 7) is 2.54. The molecule has 4 rings (SSSR count). The molecule has 9 nitrogen and oxygen atoms in total. The van der Waals surface area contributed by atoms with E-state index in [-0.39, 0.29) is 30.0 Å². The normalized spacial score (nSPS) is 28.9. The van der Waals surface area contributed by atoms with Gasteiger partial charge in [-0.1, -0.05) is 12.1 Å². The van der Waals surface area contributed by atoms with E-state index in [1.165, 1.54) is 4.90 Å². The van der Waals surface area contributed by atoms with Gasteiger partial charge in [0.1, 0.15) is 29.9 Å². The van der Waals surface area contributed by atoms with E-state index < -0.39 is 24.2 Å². The average molecular weight is 443 g/mol. The summed E-state index contributed by atoms with van der Waals surface area (Å²) in [6.07, 6.45) is 2.76. The lowest BCUT2D eigenvalue weighted by molar-refractivity contribution is -0.146. The molecule has 0 aliphatic carbocycles. The summed E-state index contributed by atoms with van der Waals surface area (Å²) < 4.78 is 5.20. The van der Waals surface area contributed by atoms with Crippen molar-refractivity contribution in [2.45, 2.75) is 63.2 Å². The second-order valence-electron chi connectivity index (χ2n) is 8.72. The Hall–Kier alpha value is -3.10. The molecule has 172 valence electrons. The lowest BCUT2D eigenvalue weighted by Crippen LogP contribution is -2.60. The quantitative estimate of drug-likeness (QED) is 0.697. The Labute approximate surface area is 187 Å². The van der Waals surface area contributed by atoms with Crippen LogP contribution in [0.3, 0.4) is 0 Å². The average Bonchev–Trinajstić information content (AvgIpc) is 3.47. The standard InChI is InChI=1S/C23H30N4O5/c1-14-22(30)26-11-3-6-19(26)21(29)25-17(13-15-7-9-16(32-2)10-8-15)23(31)27-12-4-5-18(27)20(28)24-14/h7-10,14,17-19H,3-6,11-13H2,1-2H3,(H,24,28)(H,25,29)/t14-,17-,18+,19+/m0/s1. The summed E-state index contributed by atoms with van der Waals surface area (Å²) in [7, 11) is 1.58. The van der Waals surface area contributed by atoms with Gasteiger partial charge in [0.15, 0.2) is 0 Å². The first-order valence-corrected chi connectivity index (χ1v) is 11.2. The van der Waals surface area contributed by atoms with Crippen molar-refractivity contribution < 1.29 is 23.9 Å². The molecule has 0 unspecified atom stereocenters. The molecule has 1 aromatic rings. The van der Waals surface area contributed by atoms with Crippen LogP contribution in [0.1, 0.15) is 38.2 Å². The van der Waals surface area contributed by atoms with Gasteiger partial charge in [-0.3, -0.25) is 19.2 Å². The van der Waals surface area contributed by atoms with Crippen LogP contribution in [-0.2, 0) is 25.6 Å². The third-order valence-electron chi connectivity index (χ3n) is 6.62. The van der Waals surface area contributed by atoms with Gasteiger partial charge in [0.25, 0.3) is 0 Å². The topological polar surface area (TPSA) is 108 Å². The first-order valence-electron chi connectivity index (χ1n) is 11.2. The van der Waals surface area contributed by atoms with Crippen LogP contribution in [0.25, 0.3) is 0 Å². The van der Waals surface area contributed by atoms with Gasteiger partial charge >= 0.3 is 0 Å². The first-order chi connectivity index (χ1) is 15.4. The molecule has 0 spiro atoms. The Morgan fingerprint density at radius 3 is 2.03 bits per heavy atom. The Kier molecular flexibility index (Phi) is 6.34. The van der Waals surface area contributed by atoms with E-state index in [4.69, 9.17) is 4.74 Å². The van der Waals surface area contributed by atoms with Crippen LogP contribution in [-0.4, -0.2) is 77.8 Å². The van der Waals surface area contributed by atoms with Crippen molar-refractivity contribution in [3.63, 3.8) is 0 Å². The number of hydrogen-bond donors (Lipinski definition) is 2. The zero-order valence-electron chi connectivity index (χ0n) is 18.5. The van der Waals surface area contributed by atoms with E-state index in [0.29, 0.717) is 44.5 Å². The molecule has 0 saturated carbocycles. The lowest BCUT2D eigenvalue weighted by atomic mass is 10.0. The van der Waals surface area contributed by atoms with Crippen molar-refractivity contribution in [1.29, 1.82) is 0 Å². The van der Waals surface area contributed by atoms with Gasteiger partial charge in [0.2, 0.25) is 23.6 Å². The van der Waals surface area contributed by atoms with Crippen LogP contribution in [0.5, 0.6) is 5.75 Å². The summed E-state index contributed by atoms with van der Waals surface area (Å²) in [6, 6.07) is 4.49. The van der Waals surface area contributed by atoms with Crippen molar-refractivity contribution >= 4 is 23.6 Å². The van der Waals surface area contributed by atoms with E-state index in [1.54, 1.807) is 18.9 Å². The molecule has 4 atom stereocenters. The van der Waals surface area contributed by atoms with Crippen LogP contribution < -0.4 is 15.4 Å². The van der Waals surface area contributed by atoms with E-state index >= 15 is 0 Å². The zero-order valence-corrected chi connectivity index (χ0v) is 18.5. The van der Waals surface area contributed by atoms with Crippen LogP contribution in [0.15, 0.2) is 24.3 Å². The number of carbonyl (C=O) groups excluding carboxylic acids is 4. The number of hydrogen-bond acceptors (Lipinski definition) is 5. The third kappa shape index (κ3) is 4.28. The van der Waals surface area contributed by atoms with Gasteiger partial charge in [-0.15, -0.1) is 0 Å². The SMILES string of the molecule is COc1ccc(C[C@@H]2NC(=O)[C@H]3CCCN3C(=O)[C@H](C)NC(=O)[C@H]3CCCN3C2=O)cc1. The summed E-state index contributed by atoms with van der Waals surface area (Å²) in [5.41, 5.74) is 0.865. The molecular formula is C23H30N4O5. The van der Waals surface area contributed by atoms with Gasteiger partial charge in [0.05, 0.1) is 7.11 Å². The first kappa shape index (κ1) is 22.1. The van der Waals surface area contributed by atoms with E-state index in [0.717, 1.165) is 5.56 Å². The Morgan fingerprint density at radius 2 is 1.44 bits per heavy atom. The maximum absolute atomic E-state index is 13.5. The molecular weight excluding hydrogens is 412 g/mol. The monoisotopic (exact) mass is 442 g/mol. The minimum atomic E-state index is -0.821. The maximum atomic E-state index is 13.5. The van der Waals surface area contributed by atoms with Gasteiger partial charge in [-0.05, 0) is 50.3 Å². The van der Waals surface area contributed by atoms with Crippen LogP contribution >= 0.6 is 0 Å². The fourth-order valence-electron chi connectivity index (χ4n) is 4.89.